The maximum Gasteiger partial charge on any atom is 0.151 e. The third-order valence-electron chi connectivity index (χ3n) is 3.67. The lowest BCUT2D eigenvalue weighted by atomic mass is 10.1. The summed E-state index contributed by atoms with van der Waals surface area (Å²) in [7, 11) is 1.53. The van der Waals surface area contributed by atoms with E-state index in [0.29, 0.717) is 32.9 Å². The molecule has 0 saturated carbocycles. The van der Waals surface area contributed by atoms with E-state index >= 15 is 0 Å². The molecule has 0 fully saturated rings. The number of methoxy groups -OCH3 is 1. The molecule has 0 N–H and O–H groups in total. The molecular formula is C19H18Cl4N2O3. The van der Waals surface area contributed by atoms with E-state index in [2.05, 4.69) is 10.1 Å². The third kappa shape index (κ3) is 6.45. The first-order valence-electron chi connectivity index (χ1n) is 8.15. The number of hydrogen-bond acceptors (Lipinski definition) is 5. The van der Waals surface area contributed by atoms with Gasteiger partial charge in [-0.25, -0.2) is 4.98 Å². The van der Waals surface area contributed by atoms with E-state index in [1.54, 1.807) is 31.3 Å². The van der Waals surface area contributed by atoms with Gasteiger partial charge in [0.2, 0.25) is 0 Å². The number of aromatic nitrogens is 1. The minimum Gasteiger partial charge on any atom is -0.494 e. The van der Waals surface area contributed by atoms with Gasteiger partial charge in [0.15, 0.2) is 6.10 Å². The predicted octanol–water partition coefficient (Wildman–Crippen LogP) is 6.60. The van der Waals surface area contributed by atoms with E-state index in [-0.39, 0.29) is 17.2 Å². The maximum absolute atomic E-state index is 6.30. The van der Waals surface area contributed by atoms with Gasteiger partial charge in [-0.3, -0.25) is 0 Å². The topological polar surface area (TPSA) is 52.9 Å². The highest BCUT2D eigenvalue weighted by Crippen LogP contribution is 2.34. The van der Waals surface area contributed by atoms with Gasteiger partial charge < -0.3 is 14.3 Å². The van der Waals surface area contributed by atoms with Crippen LogP contribution in [0.4, 0.5) is 0 Å². The van der Waals surface area contributed by atoms with Gasteiger partial charge in [-0.1, -0.05) is 57.6 Å². The highest BCUT2D eigenvalue weighted by atomic mass is 35.5. The Morgan fingerprint density at radius 1 is 1.25 bits per heavy atom. The van der Waals surface area contributed by atoms with Gasteiger partial charge in [0.1, 0.15) is 27.8 Å². The molecule has 0 spiro atoms. The van der Waals surface area contributed by atoms with Crippen molar-refractivity contribution in [3.8, 4) is 11.5 Å². The summed E-state index contributed by atoms with van der Waals surface area (Å²) in [5.74, 6) is 0.974. The second-order valence-corrected chi connectivity index (χ2v) is 7.43. The Balaban J connectivity index is 2.22. The molecule has 5 nitrogen and oxygen atoms in total. The molecule has 0 aliphatic heterocycles. The summed E-state index contributed by atoms with van der Waals surface area (Å²) < 4.78 is 11.1. The van der Waals surface area contributed by atoms with Crippen LogP contribution < -0.4 is 9.47 Å². The largest absolute Gasteiger partial charge is 0.494 e. The second-order valence-electron chi connectivity index (χ2n) is 5.63. The number of nitrogens with zero attached hydrogens (tertiary/aromatic N) is 2. The number of benzene rings is 1. The lowest BCUT2D eigenvalue weighted by Gasteiger charge is -2.14. The van der Waals surface area contributed by atoms with Crippen molar-refractivity contribution in [3.05, 3.63) is 62.3 Å². The molecule has 1 heterocycles. The van der Waals surface area contributed by atoms with Crippen molar-refractivity contribution in [2.24, 2.45) is 5.16 Å². The van der Waals surface area contributed by atoms with Gasteiger partial charge in [0, 0.05) is 23.4 Å². The Kier molecular flexibility index (Phi) is 8.70. The van der Waals surface area contributed by atoms with Gasteiger partial charge >= 0.3 is 0 Å². The molecular weight excluding hydrogens is 446 g/mol. The van der Waals surface area contributed by atoms with Crippen molar-refractivity contribution in [1.29, 1.82) is 0 Å². The molecule has 2 aromatic rings. The first-order chi connectivity index (χ1) is 13.3. The lowest BCUT2D eigenvalue weighted by Crippen LogP contribution is -2.04. The first kappa shape index (κ1) is 22.6. The van der Waals surface area contributed by atoms with E-state index in [0.717, 1.165) is 5.56 Å². The fraction of sp³-hybridized carbons (Fsp3) is 0.263. The Labute approximate surface area is 183 Å². The van der Waals surface area contributed by atoms with Gasteiger partial charge in [0.05, 0.1) is 17.8 Å². The quantitative estimate of drug-likeness (QED) is 0.251. The van der Waals surface area contributed by atoms with Crippen molar-refractivity contribution < 1.29 is 14.3 Å². The molecule has 0 saturated heterocycles. The number of pyridine rings is 1. The Morgan fingerprint density at radius 3 is 2.61 bits per heavy atom. The van der Waals surface area contributed by atoms with E-state index in [1.807, 2.05) is 13.0 Å². The van der Waals surface area contributed by atoms with Crippen molar-refractivity contribution in [2.45, 2.75) is 20.0 Å². The Bertz CT molecular complexity index is 866. The number of halogens is 4. The van der Waals surface area contributed by atoms with E-state index < -0.39 is 0 Å². The molecule has 1 atom stereocenters. The van der Waals surface area contributed by atoms with Crippen LogP contribution in [-0.4, -0.2) is 24.4 Å². The Morgan fingerprint density at radius 2 is 2.00 bits per heavy atom. The third-order valence-corrected chi connectivity index (χ3v) is 4.48. The maximum atomic E-state index is 6.30. The minimum absolute atomic E-state index is 0.122. The normalized spacial score (nSPS) is 12.3. The van der Waals surface area contributed by atoms with Crippen LogP contribution in [0.1, 0.15) is 31.1 Å². The van der Waals surface area contributed by atoms with Gasteiger partial charge in [-0.15, -0.1) is 0 Å². The smallest absolute Gasteiger partial charge is 0.151 e. The number of hydrogen-bond donors (Lipinski definition) is 0. The van der Waals surface area contributed by atoms with Crippen LogP contribution >= 0.6 is 46.4 Å². The highest BCUT2D eigenvalue weighted by Gasteiger charge is 2.15. The first-order valence-corrected chi connectivity index (χ1v) is 9.66. The fourth-order valence-corrected chi connectivity index (χ4v) is 2.75. The molecule has 28 heavy (non-hydrogen) atoms. The van der Waals surface area contributed by atoms with Crippen molar-refractivity contribution in [1.82, 2.24) is 4.98 Å². The highest BCUT2D eigenvalue weighted by molar-refractivity contribution is 6.55. The summed E-state index contributed by atoms with van der Waals surface area (Å²) in [6.45, 7) is 3.83. The summed E-state index contributed by atoms with van der Waals surface area (Å²) in [5.41, 5.74) is 2.03. The molecule has 2 rings (SSSR count). The molecule has 1 aromatic carbocycles. The molecule has 1 aromatic heterocycles. The molecule has 9 heteroatoms. The zero-order chi connectivity index (χ0) is 20.7. The molecule has 0 radical (unpaired) electrons. The zero-order valence-corrected chi connectivity index (χ0v) is 18.4. The minimum atomic E-state index is -0.323. The van der Waals surface area contributed by atoms with Gasteiger partial charge in [0.25, 0.3) is 0 Å². The van der Waals surface area contributed by atoms with E-state index in [9.17, 15) is 0 Å². The predicted molar refractivity (Wildman–Crippen MR) is 114 cm³/mol. The summed E-state index contributed by atoms with van der Waals surface area (Å²) in [6, 6.07) is 6.90. The lowest BCUT2D eigenvalue weighted by molar-refractivity contribution is 0.0721. The number of oxime groups is 1. The molecule has 0 amide bonds. The van der Waals surface area contributed by atoms with Crippen LogP contribution in [0.3, 0.4) is 0 Å². The average Bonchev–Trinajstić information content (AvgIpc) is 2.65. The van der Waals surface area contributed by atoms with Crippen LogP contribution in [-0.2, 0) is 4.84 Å². The van der Waals surface area contributed by atoms with Crippen LogP contribution in [0.2, 0.25) is 10.2 Å². The molecule has 0 bridgehead atoms. The summed E-state index contributed by atoms with van der Waals surface area (Å²) in [5, 5.41) is 4.99. The van der Waals surface area contributed by atoms with Crippen molar-refractivity contribution in [2.75, 3.05) is 13.7 Å². The van der Waals surface area contributed by atoms with E-state index in [4.69, 9.17) is 60.7 Å². The molecule has 0 aliphatic carbocycles. The van der Waals surface area contributed by atoms with Crippen LogP contribution in [0.5, 0.6) is 11.5 Å². The standard InChI is InChI=1S/C19H18Cl4N2O3/c1-11(25-28-12(2)13-4-5-18(23)24-10-13)15-8-14(27-7-6-17(21)22)9-16(20)19(15)26-3/h4-6,8-10,12H,7H2,1-3H3. The van der Waals surface area contributed by atoms with Crippen molar-refractivity contribution >= 4 is 52.1 Å². The molecule has 150 valence electrons. The van der Waals surface area contributed by atoms with Crippen LogP contribution in [0.15, 0.2) is 46.2 Å². The fourth-order valence-electron chi connectivity index (χ4n) is 2.22. The van der Waals surface area contributed by atoms with E-state index in [1.165, 1.54) is 13.2 Å². The van der Waals surface area contributed by atoms with Crippen molar-refractivity contribution in [3.63, 3.8) is 0 Å². The summed E-state index contributed by atoms with van der Waals surface area (Å²) in [6.07, 6.45) is 2.84. The summed E-state index contributed by atoms with van der Waals surface area (Å²) in [4.78, 5) is 9.63. The zero-order valence-electron chi connectivity index (χ0n) is 15.4. The SMILES string of the molecule is COc1c(Cl)cc(OCC=C(Cl)Cl)cc1C(C)=NOC(C)c1ccc(Cl)nc1. The van der Waals surface area contributed by atoms with Gasteiger partial charge in [-0.2, -0.15) is 0 Å². The Hall–Kier alpha value is -1.66. The summed E-state index contributed by atoms with van der Waals surface area (Å²) >= 11 is 23.3. The molecule has 1 unspecified atom stereocenters. The van der Waals surface area contributed by atoms with Crippen LogP contribution in [0, 0.1) is 0 Å². The average molecular weight is 464 g/mol. The number of rotatable bonds is 8. The second kappa shape index (κ2) is 10.8. The monoisotopic (exact) mass is 462 g/mol. The van der Waals surface area contributed by atoms with Gasteiger partial charge in [-0.05, 0) is 32.1 Å². The number of ether oxygens (including phenoxy) is 2. The molecule has 0 aliphatic rings. The van der Waals surface area contributed by atoms with Crippen LogP contribution in [0.25, 0.3) is 0 Å².